The normalized spacial score (nSPS) is 12.9. The SMILES string of the molecule is CCCCN(C)CCCCCOc1ccc(Cn2c3c(c4ccccc42)CCSc2ccccc2-3)cc1. The molecular formula is C33H40N2OS. The van der Waals surface area contributed by atoms with Crippen molar-refractivity contribution < 1.29 is 4.74 Å². The van der Waals surface area contributed by atoms with Crippen LogP contribution in [0.4, 0.5) is 0 Å². The van der Waals surface area contributed by atoms with E-state index in [0.29, 0.717) is 0 Å². The fourth-order valence-electron chi connectivity index (χ4n) is 5.42. The summed E-state index contributed by atoms with van der Waals surface area (Å²) < 4.78 is 8.60. The van der Waals surface area contributed by atoms with Crippen LogP contribution in [0.15, 0.2) is 77.7 Å². The number of fused-ring (bicyclic) bond motifs is 5. The molecule has 0 N–H and O–H groups in total. The first-order valence-electron chi connectivity index (χ1n) is 14.0. The molecule has 0 spiro atoms. The second-order valence-electron chi connectivity index (χ2n) is 10.2. The van der Waals surface area contributed by atoms with Gasteiger partial charge in [-0.1, -0.05) is 61.9 Å². The molecule has 0 atom stereocenters. The summed E-state index contributed by atoms with van der Waals surface area (Å²) in [7, 11) is 2.24. The molecule has 3 nitrogen and oxygen atoms in total. The number of benzene rings is 3. The molecule has 3 aromatic carbocycles. The Morgan fingerprint density at radius 1 is 0.865 bits per heavy atom. The lowest BCUT2D eigenvalue weighted by Crippen LogP contribution is -2.20. The molecular weight excluding hydrogens is 472 g/mol. The van der Waals surface area contributed by atoms with E-state index >= 15 is 0 Å². The molecule has 0 aliphatic carbocycles. The fourth-order valence-corrected chi connectivity index (χ4v) is 6.44. The number of thioether (sulfide) groups is 1. The van der Waals surface area contributed by atoms with E-state index in [4.69, 9.17) is 4.74 Å². The highest BCUT2D eigenvalue weighted by Gasteiger charge is 2.23. The molecule has 2 heterocycles. The van der Waals surface area contributed by atoms with E-state index in [9.17, 15) is 0 Å². The summed E-state index contributed by atoms with van der Waals surface area (Å²) in [5, 5.41) is 1.39. The van der Waals surface area contributed by atoms with E-state index < -0.39 is 0 Å². The van der Waals surface area contributed by atoms with Gasteiger partial charge in [-0.2, -0.15) is 0 Å². The van der Waals surface area contributed by atoms with E-state index in [1.807, 2.05) is 11.8 Å². The second-order valence-corrected chi connectivity index (χ2v) is 11.4. The maximum Gasteiger partial charge on any atom is 0.119 e. The maximum absolute atomic E-state index is 6.07. The van der Waals surface area contributed by atoms with Gasteiger partial charge in [0, 0.05) is 33.7 Å². The van der Waals surface area contributed by atoms with Gasteiger partial charge in [-0.15, -0.1) is 11.8 Å². The molecule has 0 bridgehead atoms. The number of hydrogen-bond donors (Lipinski definition) is 0. The Morgan fingerprint density at radius 3 is 2.51 bits per heavy atom. The van der Waals surface area contributed by atoms with Crippen LogP contribution < -0.4 is 4.74 Å². The first-order chi connectivity index (χ1) is 18.2. The van der Waals surface area contributed by atoms with E-state index in [-0.39, 0.29) is 0 Å². The number of rotatable bonds is 12. The third-order valence-electron chi connectivity index (χ3n) is 7.44. The van der Waals surface area contributed by atoms with Crippen molar-refractivity contribution in [3.05, 3.63) is 83.9 Å². The van der Waals surface area contributed by atoms with Crippen LogP contribution in [0.3, 0.4) is 0 Å². The second kappa shape index (κ2) is 12.7. The van der Waals surface area contributed by atoms with Crippen molar-refractivity contribution in [1.82, 2.24) is 9.47 Å². The van der Waals surface area contributed by atoms with Gasteiger partial charge in [0.25, 0.3) is 0 Å². The van der Waals surface area contributed by atoms with Crippen LogP contribution in [0.25, 0.3) is 22.2 Å². The zero-order valence-electron chi connectivity index (χ0n) is 22.4. The molecule has 37 heavy (non-hydrogen) atoms. The lowest BCUT2D eigenvalue weighted by molar-refractivity contribution is 0.288. The number of unbranched alkanes of at least 4 members (excludes halogenated alkanes) is 3. The van der Waals surface area contributed by atoms with E-state index in [1.54, 1.807) is 0 Å². The first kappa shape index (κ1) is 25.9. The molecule has 194 valence electrons. The monoisotopic (exact) mass is 512 g/mol. The molecule has 1 aliphatic heterocycles. The quantitative estimate of drug-likeness (QED) is 0.178. The third-order valence-corrected chi connectivity index (χ3v) is 8.51. The number of aromatic nitrogens is 1. The Kier molecular flexibility index (Phi) is 8.91. The topological polar surface area (TPSA) is 17.4 Å². The van der Waals surface area contributed by atoms with Crippen molar-refractivity contribution in [3.8, 4) is 17.0 Å². The van der Waals surface area contributed by atoms with Gasteiger partial charge in [0.15, 0.2) is 0 Å². The summed E-state index contributed by atoms with van der Waals surface area (Å²) in [5.41, 5.74) is 6.88. The van der Waals surface area contributed by atoms with Gasteiger partial charge in [0.2, 0.25) is 0 Å². The molecule has 0 unspecified atom stereocenters. The molecule has 0 saturated carbocycles. The molecule has 5 rings (SSSR count). The van der Waals surface area contributed by atoms with Crippen LogP contribution in [0, 0.1) is 0 Å². The van der Waals surface area contributed by atoms with Crippen molar-refractivity contribution in [2.24, 2.45) is 0 Å². The largest absolute Gasteiger partial charge is 0.494 e. The van der Waals surface area contributed by atoms with Gasteiger partial charge in [-0.25, -0.2) is 0 Å². The molecule has 0 fully saturated rings. The average Bonchev–Trinajstić information content (AvgIpc) is 3.10. The zero-order valence-corrected chi connectivity index (χ0v) is 23.2. The van der Waals surface area contributed by atoms with Crippen LogP contribution in [-0.4, -0.2) is 42.0 Å². The number of para-hydroxylation sites is 1. The molecule has 0 saturated heterocycles. The maximum atomic E-state index is 6.07. The molecule has 1 aromatic heterocycles. The number of nitrogens with zero attached hydrogens (tertiary/aromatic N) is 2. The minimum Gasteiger partial charge on any atom is -0.494 e. The lowest BCUT2D eigenvalue weighted by atomic mass is 10.0. The molecule has 0 amide bonds. The lowest BCUT2D eigenvalue weighted by Gasteiger charge is -2.15. The highest BCUT2D eigenvalue weighted by atomic mass is 32.2. The third kappa shape index (κ3) is 6.25. The van der Waals surface area contributed by atoms with Gasteiger partial charge in [0.05, 0.1) is 12.3 Å². The van der Waals surface area contributed by atoms with Crippen LogP contribution in [-0.2, 0) is 13.0 Å². The van der Waals surface area contributed by atoms with Crippen molar-refractivity contribution >= 4 is 22.7 Å². The smallest absolute Gasteiger partial charge is 0.119 e. The minimum absolute atomic E-state index is 0.794. The molecule has 1 aliphatic rings. The van der Waals surface area contributed by atoms with Crippen LogP contribution in [0.2, 0.25) is 0 Å². The highest BCUT2D eigenvalue weighted by molar-refractivity contribution is 7.99. The van der Waals surface area contributed by atoms with Crippen LogP contribution in [0.5, 0.6) is 5.75 Å². The van der Waals surface area contributed by atoms with Gasteiger partial charge in [0.1, 0.15) is 5.75 Å². The molecule has 0 radical (unpaired) electrons. The van der Waals surface area contributed by atoms with Crippen LogP contribution >= 0.6 is 11.8 Å². The summed E-state index contributed by atoms with van der Waals surface area (Å²) in [5.74, 6) is 2.10. The predicted molar refractivity (Wildman–Crippen MR) is 159 cm³/mol. The summed E-state index contributed by atoms with van der Waals surface area (Å²) in [6.45, 7) is 6.32. The van der Waals surface area contributed by atoms with Gasteiger partial charge in [-0.05, 0) is 87.6 Å². The Hall–Kier alpha value is -2.69. The van der Waals surface area contributed by atoms with Crippen molar-refractivity contribution in [2.45, 2.75) is 56.9 Å². The Balaban J connectivity index is 1.24. The number of hydrogen-bond acceptors (Lipinski definition) is 3. The Bertz CT molecular complexity index is 1290. The number of ether oxygens (including phenoxy) is 1. The molecule has 4 heteroatoms. The zero-order chi connectivity index (χ0) is 25.5. The Morgan fingerprint density at radius 2 is 1.65 bits per heavy atom. The summed E-state index contributed by atoms with van der Waals surface area (Å²) in [6, 6.07) is 26.6. The average molecular weight is 513 g/mol. The fraction of sp³-hybridized carbons (Fsp3) is 0.394. The summed E-state index contributed by atoms with van der Waals surface area (Å²) in [6.07, 6.45) is 7.25. The number of aryl methyl sites for hydroxylation is 1. The molecule has 4 aromatic rings. The standard InChI is InChI=1S/C33H40N2OS/c1-3-4-21-34(2)22-10-5-11-23-36-27-18-16-26(17-19-27)25-35-31-14-8-6-12-28(31)29-20-24-37-32-15-9-7-13-30(32)33(29)35/h6-9,12-19H,3-5,10-11,20-25H2,1-2H3. The minimum atomic E-state index is 0.794. The summed E-state index contributed by atoms with van der Waals surface area (Å²) in [4.78, 5) is 3.84. The van der Waals surface area contributed by atoms with Crippen LogP contribution in [0.1, 0.15) is 50.2 Å². The van der Waals surface area contributed by atoms with Crippen molar-refractivity contribution in [2.75, 3.05) is 32.5 Å². The summed E-state index contributed by atoms with van der Waals surface area (Å²) >= 11 is 1.98. The van der Waals surface area contributed by atoms with E-state index in [2.05, 4.69) is 96.2 Å². The van der Waals surface area contributed by atoms with Crippen molar-refractivity contribution in [1.29, 1.82) is 0 Å². The van der Waals surface area contributed by atoms with Gasteiger partial charge < -0.3 is 14.2 Å². The van der Waals surface area contributed by atoms with Gasteiger partial charge in [-0.3, -0.25) is 0 Å². The van der Waals surface area contributed by atoms with Crippen molar-refractivity contribution in [3.63, 3.8) is 0 Å². The predicted octanol–water partition coefficient (Wildman–Crippen LogP) is 8.29. The first-order valence-corrected chi connectivity index (χ1v) is 15.0. The Labute approximate surface area is 226 Å². The van der Waals surface area contributed by atoms with E-state index in [1.165, 1.54) is 77.0 Å². The van der Waals surface area contributed by atoms with Gasteiger partial charge >= 0.3 is 0 Å². The van der Waals surface area contributed by atoms with E-state index in [0.717, 1.165) is 37.5 Å². The highest BCUT2D eigenvalue weighted by Crippen LogP contribution is 2.42.